The first kappa shape index (κ1) is 22.9. The normalized spacial score (nSPS) is 17.4. The third-order valence-corrected chi connectivity index (χ3v) is 6.43. The fourth-order valence-corrected chi connectivity index (χ4v) is 4.68. The average Bonchev–Trinajstić information content (AvgIpc) is 3.23. The molecule has 0 unspecified atom stereocenters. The van der Waals surface area contributed by atoms with Crippen LogP contribution in [0.4, 0.5) is 17.6 Å². The fourth-order valence-electron chi connectivity index (χ4n) is 4.68. The van der Waals surface area contributed by atoms with E-state index in [1.165, 1.54) is 19.3 Å². The summed E-state index contributed by atoms with van der Waals surface area (Å²) in [6.07, 6.45) is 5.59. The Morgan fingerprint density at radius 3 is 2.68 bits per heavy atom. The van der Waals surface area contributed by atoms with Gasteiger partial charge in [0, 0.05) is 45.5 Å². The predicted octanol–water partition coefficient (Wildman–Crippen LogP) is 2.40. The Morgan fingerprint density at radius 2 is 1.91 bits per heavy atom. The van der Waals surface area contributed by atoms with Crippen LogP contribution < -0.4 is 15.5 Å². The maximum atomic E-state index is 5.66. The van der Waals surface area contributed by atoms with Crippen molar-refractivity contribution < 1.29 is 4.74 Å². The summed E-state index contributed by atoms with van der Waals surface area (Å²) < 4.78 is 7.67. The molecule has 2 aliphatic heterocycles. The van der Waals surface area contributed by atoms with Crippen molar-refractivity contribution in [1.29, 1.82) is 0 Å². The summed E-state index contributed by atoms with van der Waals surface area (Å²) in [5, 5.41) is 11.9. The maximum Gasteiger partial charge on any atom is 0.228 e. The van der Waals surface area contributed by atoms with E-state index in [9.17, 15) is 0 Å². The number of piperidine rings is 1. The Morgan fingerprint density at radius 1 is 1.06 bits per heavy atom. The number of nitrogens with zero attached hydrogens (tertiary/aromatic N) is 7. The van der Waals surface area contributed by atoms with Crippen LogP contribution in [0.5, 0.6) is 0 Å². The van der Waals surface area contributed by atoms with Gasteiger partial charge in [0.25, 0.3) is 0 Å². The molecule has 0 aromatic carbocycles. The molecular weight excluding hydrogens is 430 g/mol. The standard InChI is InChI=1S/C24H35N9O/c1-2-34-17-16-33-22-21(19(30-33)18-31-12-6-3-7-13-31)28-24(32-14-10-25-11-15-32)29-23(22)27-20-8-4-5-9-26-20/h4-5,8-9,25H,2-3,6-7,10-18H2,1H3,(H,26,27,28,29). The zero-order valence-corrected chi connectivity index (χ0v) is 20.0. The first-order valence-corrected chi connectivity index (χ1v) is 12.5. The van der Waals surface area contributed by atoms with E-state index in [4.69, 9.17) is 19.8 Å². The minimum absolute atomic E-state index is 0.596. The highest BCUT2D eigenvalue weighted by atomic mass is 16.5. The third kappa shape index (κ3) is 5.29. The molecule has 0 atom stereocenters. The van der Waals surface area contributed by atoms with Gasteiger partial charge in [-0.25, -0.2) is 9.97 Å². The summed E-state index contributed by atoms with van der Waals surface area (Å²) >= 11 is 0. The molecule has 5 rings (SSSR count). The number of rotatable bonds is 9. The van der Waals surface area contributed by atoms with E-state index < -0.39 is 0 Å². The third-order valence-electron chi connectivity index (χ3n) is 6.43. The lowest BCUT2D eigenvalue weighted by molar-refractivity contribution is 0.137. The van der Waals surface area contributed by atoms with Gasteiger partial charge in [0.1, 0.15) is 22.5 Å². The van der Waals surface area contributed by atoms with Gasteiger partial charge < -0.3 is 20.3 Å². The summed E-state index contributed by atoms with van der Waals surface area (Å²) in [6.45, 7) is 10.6. The highest BCUT2D eigenvalue weighted by Crippen LogP contribution is 2.29. The van der Waals surface area contributed by atoms with Gasteiger partial charge in [0.05, 0.1) is 13.2 Å². The molecule has 2 fully saturated rings. The van der Waals surface area contributed by atoms with Crippen molar-refractivity contribution >= 4 is 28.6 Å². The van der Waals surface area contributed by atoms with E-state index in [1.807, 2.05) is 29.8 Å². The number of likely N-dealkylation sites (tertiary alicyclic amines) is 1. The molecule has 0 bridgehead atoms. The van der Waals surface area contributed by atoms with E-state index in [0.29, 0.717) is 19.8 Å². The lowest BCUT2D eigenvalue weighted by Gasteiger charge is -2.28. The second-order valence-corrected chi connectivity index (χ2v) is 8.85. The summed E-state index contributed by atoms with van der Waals surface area (Å²) in [6, 6.07) is 5.84. The number of piperazine rings is 1. The van der Waals surface area contributed by atoms with Gasteiger partial charge in [-0.05, 0) is 45.0 Å². The molecule has 34 heavy (non-hydrogen) atoms. The summed E-state index contributed by atoms with van der Waals surface area (Å²) in [5.74, 6) is 2.24. The number of anilines is 3. The molecule has 5 heterocycles. The summed E-state index contributed by atoms with van der Waals surface area (Å²) in [5.41, 5.74) is 2.84. The number of fused-ring (bicyclic) bond motifs is 1. The van der Waals surface area contributed by atoms with Crippen LogP contribution in [-0.4, -0.2) is 82.1 Å². The molecule has 10 nitrogen and oxygen atoms in total. The van der Waals surface area contributed by atoms with Crippen LogP contribution in [0.3, 0.4) is 0 Å². The first-order chi connectivity index (χ1) is 16.8. The second kappa shape index (κ2) is 11.1. The zero-order valence-electron chi connectivity index (χ0n) is 20.0. The Labute approximate surface area is 200 Å². The predicted molar refractivity (Wildman–Crippen MR) is 134 cm³/mol. The smallest absolute Gasteiger partial charge is 0.228 e. The van der Waals surface area contributed by atoms with Gasteiger partial charge in [-0.1, -0.05) is 12.5 Å². The monoisotopic (exact) mass is 465 g/mol. The molecule has 2 saturated heterocycles. The quantitative estimate of drug-likeness (QED) is 0.462. The molecule has 10 heteroatoms. The molecule has 2 N–H and O–H groups in total. The van der Waals surface area contributed by atoms with E-state index in [-0.39, 0.29) is 0 Å². The minimum atomic E-state index is 0.596. The van der Waals surface area contributed by atoms with Crippen molar-refractivity contribution in [2.24, 2.45) is 0 Å². The van der Waals surface area contributed by atoms with Crippen LogP contribution in [0.1, 0.15) is 31.9 Å². The number of ether oxygens (including phenoxy) is 1. The van der Waals surface area contributed by atoms with Crippen LogP contribution in [0.15, 0.2) is 24.4 Å². The number of pyridine rings is 1. The maximum absolute atomic E-state index is 5.66. The summed E-state index contributed by atoms with van der Waals surface area (Å²) in [7, 11) is 0. The van der Waals surface area contributed by atoms with E-state index in [0.717, 1.165) is 80.1 Å². The molecule has 0 amide bonds. The van der Waals surface area contributed by atoms with Crippen LogP contribution in [0.25, 0.3) is 11.0 Å². The van der Waals surface area contributed by atoms with Crippen molar-refractivity contribution in [1.82, 2.24) is 34.9 Å². The van der Waals surface area contributed by atoms with Crippen molar-refractivity contribution in [3.05, 3.63) is 30.1 Å². The topological polar surface area (TPSA) is 96.3 Å². The van der Waals surface area contributed by atoms with E-state index in [1.54, 1.807) is 6.20 Å². The Bertz CT molecular complexity index is 1060. The molecule has 182 valence electrons. The van der Waals surface area contributed by atoms with Crippen LogP contribution >= 0.6 is 0 Å². The number of hydrogen-bond acceptors (Lipinski definition) is 9. The molecule has 0 spiro atoms. The van der Waals surface area contributed by atoms with Crippen molar-refractivity contribution in [2.75, 3.05) is 62.7 Å². The van der Waals surface area contributed by atoms with Crippen molar-refractivity contribution in [3.8, 4) is 0 Å². The number of hydrogen-bond donors (Lipinski definition) is 2. The Balaban J connectivity index is 1.58. The highest BCUT2D eigenvalue weighted by Gasteiger charge is 2.24. The second-order valence-electron chi connectivity index (χ2n) is 8.85. The van der Waals surface area contributed by atoms with Gasteiger partial charge in [-0.15, -0.1) is 0 Å². The van der Waals surface area contributed by atoms with Crippen LogP contribution in [-0.2, 0) is 17.8 Å². The SMILES string of the molecule is CCOCCn1nc(CN2CCCCC2)c2nc(N3CCNCC3)nc(Nc3ccccn3)c21. The van der Waals surface area contributed by atoms with Gasteiger partial charge in [0.15, 0.2) is 5.82 Å². The number of nitrogens with one attached hydrogen (secondary N) is 2. The summed E-state index contributed by atoms with van der Waals surface area (Å²) in [4.78, 5) is 19.3. The molecule has 2 aliphatic rings. The van der Waals surface area contributed by atoms with Crippen molar-refractivity contribution in [2.45, 2.75) is 39.3 Å². The molecule has 0 radical (unpaired) electrons. The Kier molecular flexibility index (Phi) is 7.47. The number of aromatic nitrogens is 5. The lowest BCUT2D eigenvalue weighted by atomic mass is 10.1. The Hall–Kier alpha value is -2.82. The molecular formula is C24H35N9O. The highest BCUT2D eigenvalue weighted by molar-refractivity contribution is 5.90. The van der Waals surface area contributed by atoms with E-state index >= 15 is 0 Å². The van der Waals surface area contributed by atoms with E-state index in [2.05, 4.69) is 25.4 Å². The molecule has 0 aliphatic carbocycles. The molecule has 3 aromatic rings. The van der Waals surface area contributed by atoms with Crippen LogP contribution in [0, 0.1) is 0 Å². The van der Waals surface area contributed by atoms with Gasteiger partial charge >= 0.3 is 0 Å². The average molecular weight is 466 g/mol. The van der Waals surface area contributed by atoms with Crippen LogP contribution in [0.2, 0.25) is 0 Å². The van der Waals surface area contributed by atoms with Crippen molar-refractivity contribution in [3.63, 3.8) is 0 Å². The largest absolute Gasteiger partial charge is 0.380 e. The first-order valence-electron chi connectivity index (χ1n) is 12.5. The fraction of sp³-hybridized carbons (Fsp3) is 0.583. The van der Waals surface area contributed by atoms with Gasteiger partial charge in [-0.3, -0.25) is 9.58 Å². The molecule has 0 saturated carbocycles. The van der Waals surface area contributed by atoms with Gasteiger partial charge in [0.2, 0.25) is 5.95 Å². The lowest BCUT2D eigenvalue weighted by Crippen LogP contribution is -2.44. The molecule has 3 aromatic heterocycles. The zero-order chi connectivity index (χ0) is 23.2. The van der Waals surface area contributed by atoms with Gasteiger partial charge in [-0.2, -0.15) is 10.1 Å². The minimum Gasteiger partial charge on any atom is -0.380 e.